The van der Waals surface area contributed by atoms with Crippen LogP contribution in [0.5, 0.6) is 0 Å². The van der Waals surface area contributed by atoms with E-state index in [1.807, 2.05) is 60.7 Å². The summed E-state index contributed by atoms with van der Waals surface area (Å²) in [7, 11) is 0. The topological polar surface area (TPSA) is 42.4 Å². The average Bonchev–Trinajstić information content (AvgIpc) is 3.81. The van der Waals surface area contributed by atoms with Crippen LogP contribution in [0, 0.1) is 0 Å². The van der Waals surface area contributed by atoms with Crippen LogP contribution in [0.2, 0.25) is 0 Å². The van der Waals surface area contributed by atoms with Crippen LogP contribution in [0.25, 0.3) is 77.5 Å². The van der Waals surface area contributed by atoms with Crippen molar-refractivity contribution in [3.05, 3.63) is 182 Å². The molecule has 51 heavy (non-hydrogen) atoms. The van der Waals surface area contributed by atoms with E-state index in [0.29, 0.717) is 5.89 Å². The molecule has 2 aromatic heterocycles. The molecule has 240 valence electrons. The lowest BCUT2D eigenvalue weighted by Crippen LogP contribution is -2.10. The Hall–Kier alpha value is -6.91. The summed E-state index contributed by atoms with van der Waals surface area (Å²) < 4.78 is 12.5. The monoisotopic (exact) mass is 654 g/mol. The van der Waals surface area contributed by atoms with Gasteiger partial charge >= 0.3 is 0 Å². The molecule has 4 nitrogen and oxygen atoms in total. The van der Waals surface area contributed by atoms with Crippen molar-refractivity contribution in [1.82, 2.24) is 4.98 Å². The number of anilines is 3. The molecule has 0 atom stereocenters. The van der Waals surface area contributed by atoms with E-state index >= 15 is 0 Å². The Kier molecular flexibility index (Phi) is 6.78. The molecule has 0 fully saturated rings. The van der Waals surface area contributed by atoms with Crippen LogP contribution < -0.4 is 4.90 Å². The summed E-state index contributed by atoms with van der Waals surface area (Å²) >= 11 is 0. The van der Waals surface area contributed by atoms with E-state index in [0.717, 1.165) is 66.8 Å². The summed E-state index contributed by atoms with van der Waals surface area (Å²) in [6.07, 6.45) is 0. The van der Waals surface area contributed by atoms with Crippen molar-refractivity contribution in [3.8, 4) is 33.7 Å². The predicted molar refractivity (Wildman–Crippen MR) is 210 cm³/mol. The fourth-order valence-corrected chi connectivity index (χ4v) is 7.22. The molecule has 0 unspecified atom stereocenters. The molecule has 10 rings (SSSR count). The van der Waals surface area contributed by atoms with Gasteiger partial charge in [-0.15, -0.1) is 0 Å². The van der Waals surface area contributed by atoms with Crippen molar-refractivity contribution >= 4 is 60.9 Å². The summed E-state index contributed by atoms with van der Waals surface area (Å²) in [6.45, 7) is 0. The standard InChI is InChI=1S/C47H30N2O2/c1-2-11-34(12-3-1)47-48-46-39(15-8-19-44(46)51-47)33-24-28-38(29-25-33)49(41-16-9-18-43-45(41)40-14-6-7-17-42(40)50-43)37-26-22-32(23-27-37)36-21-20-31-10-4-5-13-35(31)30-36/h1-30H. The average molecular weight is 655 g/mol. The van der Waals surface area contributed by atoms with E-state index in [1.165, 1.54) is 21.9 Å². The predicted octanol–water partition coefficient (Wildman–Crippen LogP) is 13.4. The normalized spacial score (nSPS) is 11.5. The fraction of sp³-hybridized carbons (Fsp3) is 0. The number of hydrogen-bond acceptors (Lipinski definition) is 4. The van der Waals surface area contributed by atoms with E-state index in [9.17, 15) is 0 Å². The van der Waals surface area contributed by atoms with Gasteiger partial charge in [-0.3, -0.25) is 0 Å². The first kappa shape index (κ1) is 29.0. The van der Waals surface area contributed by atoms with Gasteiger partial charge < -0.3 is 13.7 Å². The number of furan rings is 1. The van der Waals surface area contributed by atoms with Gasteiger partial charge in [0, 0.05) is 27.9 Å². The number of fused-ring (bicyclic) bond motifs is 5. The SMILES string of the molecule is c1ccc(-c2nc3c(-c4ccc(N(c5ccc(-c6ccc7ccccc7c6)cc5)c5cccc6oc7ccccc7c56)cc4)cccc3o2)cc1. The highest BCUT2D eigenvalue weighted by molar-refractivity contribution is 6.13. The highest BCUT2D eigenvalue weighted by atomic mass is 16.3. The summed E-state index contributed by atoms with van der Waals surface area (Å²) in [5.41, 5.74) is 11.9. The summed E-state index contributed by atoms with van der Waals surface area (Å²) in [4.78, 5) is 7.25. The van der Waals surface area contributed by atoms with E-state index in [4.69, 9.17) is 13.8 Å². The molecule has 0 N–H and O–H groups in total. The van der Waals surface area contributed by atoms with Crippen LogP contribution in [0.4, 0.5) is 17.1 Å². The molecule has 0 radical (unpaired) electrons. The van der Waals surface area contributed by atoms with Gasteiger partial charge in [-0.2, -0.15) is 0 Å². The Morgan fingerprint density at radius 2 is 1.06 bits per heavy atom. The first-order valence-electron chi connectivity index (χ1n) is 17.1. The van der Waals surface area contributed by atoms with Crippen LogP contribution in [-0.4, -0.2) is 4.98 Å². The highest BCUT2D eigenvalue weighted by Gasteiger charge is 2.20. The van der Waals surface area contributed by atoms with Crippen LogP contribution in [-0.2, 0) is 0 Å². The molecule has 0 aliphatic carbocycles. The Labute approximate surface area is 294 Å². The molecule has 0 aliphatic heterocycles. The lowest BCUT2D eigenvalue weighted by molar-refractivity contribution is 0.620. The van der Waals surface area contributed by atoms with Crippen molar-refractivity contribution in [2.75, 3.05) is 4.90 Å². The molecule has 4 heteroatoms. The van der Waals surface area contributed by atoms with Crippen molar-refractivity contribution in [3.63, 3.8) is 0 Å². The molecule has 0 bridgehead atoms. The van der Waals surface area contributed by atoms with Gasteiger partial charge in [-0.05, 0) is 94.2 Å². The first-order valence-corrected chi connectivity index (χ1v) is 17.1. The van der Waals surface area contributed by atoms with Gasteiger partial charge in [0.2, 0.25) is 5.89 Å². The van der Waals surface area contributed by atoms with Crippen molar-refractivity contribution < 1.29 is 8.83 Å². The molecule has 0 amide bonds. The number of para-hydroxylation sites is 2. The quantitative estimate of drug-likeness (QED) is 0.179. The number of benzene rings is 8. The van der Waals surface area contributed by atoms with E-state index < -0.39 is 0 Å². The molecule has 2 heterocycles. The minimum atomic E-state index is 0.619. The van der Waals surface area contributed by atoms with Gasteiger partial charge in [0.05, 0.1) is 11.1 Å². The molecule has 8 aromatic carbocycles. The molecule has 0 saturated heterocycles. The number of hydrogen-bond donors (Lipinski definition) is 0. The third-order valence-electron chi connectivity index (χ3n) is 9.71. The Morgan fingerprint density at radius 1 is 0.412 bits per heavy atom. The summed E-state index contributed by atoms with van der Waals surface area (Å²) in [5, 5.41) is 4.64. The smallest absolute Gasteiger partial charge is 0.227 e. The zero-order chi connectivity index (χ0) is 33.7. The van der Waals surface area contributed by atoms with E-state index in [1.54, 1.807) is 0 Å². The zero-order valence-electron chi connectivity index (χ0n) is 27.5. The molecule has 0 saturated carbocycles. The summed E-state index contributed by atoms with van der Waals surface area (Å²) in [6, 6.07) is 63.4. The van der Waals surface area contributed by atoms with Gasteiger partial charge in [-0.25, -0.2) is 4.98 Å². The van der Waals surface area contributed by atoms with Crippen LogP contribution in [0.1, 0.15) is 0 Å². The van der Waals surface area contributed by atoms with E-state index in [-0.39, 0.29) is 0 Å². The molecule has 0 aliphatic rings. The van der Waals surface area contributed by atoms with Crippen LogP contribution in [0.15, 0.2) is 191 Å². The molecule has 10 aromatic rings. The maximum Gasteiger partial charge on any atom is 0.227 e. The second-order valence-electron chi connectivity index (χ2n) is 12.8. The van der Waals surface area contributed by atoms with Gasteiger partial charge in [0.15, 0.2) is 5.58 Å². The largest absolute Gasteiger partial charge is 0.456 e. The lowest BCUT2D eigenvalue weighted by Gasteiger charge is -2.26. The van der Waals surface area contributed by atoms with Gasteiger partial charge in [0.25, 0.3) is 0 Å². The summed E-state index contributed by atoms with van der Waals surface area (Å²) in [5.74, 6) is 0.619. The third kappa shape index (κ3) is 5.04. The van der Waals surface area contributed by atoms with E-state index in [2.05, 4.69) is 126 Å². The van der Waals surface area contributed by atoms with Crippen LogP contribution >= 0.6 is 0 Å². The van der Waals surface area contributed by atoms with Gasteiger partial charge in [-0.1, -0.05) is 115 Å². The van der Waals surface area contributed by atoms with Crippen molar-refractivity contribution in [1.29, 1.82) is 0 Å². The zero-order valence-corrected chi connectivity index (χ0v) is 27.5. The van der Waals surface area contributed by atoms with Gasteiger partial charge in [0.1, 0.15) is 16.7 Å². The number of oxazole rings is 1. The highest BCUT2D eigenvalue weighted by Crippen LogP contribution is 2.44. The number of rotatable bonds is 6. The minimum absolute atomic E-state index is 0.619. The minimum Gasteiger partial charge on any atom is -0.456 e. The maximum atomic E-state index is 6.34. The molecule has 0 spiro atoms. The second-order valence-corrected chi connectivity index (χ2v) is 12.8. The fourth-order valence-electron chi connectivity index (χ4n) is 7.22. The lowest BCUT2D eigenvalue weighted by atomic mass is 10.0. The Morgan fingerprint density at radius 3 is 1.88 bits per heavy atom. The Balaban J connectivity index is 1.09. The van der Waals surface area contributed by atoms with Crippen molar-refractivity contribution in [2.45, 2.75) is 0 Å². The number of aromatic nitrogens is 1. The van der Waals surface area contributed by atoms with Crippen molar-refractivity contribution in [2.24, 2.45) is 0 Å². The molecular weight excluding hydrogens is 625 g/mol. The third-order valence-corrected chi connectivity index (χ3v) is 9.71. The maximum absolute atomic E-state index is 6.34. The second kappa shape index (κ2) is 11.9. The number of nitrogens with zero attached hydrogens (tertiary/aromatic N) is 2. The molecular formula is C47H30N2O2. The Bertz CT molecular complexity index is 2850. The van der Waals surface area contributed by atoms with Crippen LogP contribution in [0.3, 0.4) is 0 Å². The first-order chi connectivity index (χ1) is 25.3.